The van der Waals surface area contributed by atoms with Gasteiger partial charge in [-0.2, -0.15) is 5.26 Å². The van der Waals surface area contributed by atoms with Crippen LogP contribution < -0.4 is 10.1 Å². The van der Waals surface area contributed by atoms with Gasteiger partial charge in [0, 0.05) is 64.6 Å². The predicted molar refractivity (Wildman–Crippen MR) is 193 cm³/mol. The Morgan fingerprint density at radius 3 is 2.64 bits per heavy atom. The van der Waals surface area contributed by atoms with E-state index in [0.29, 0.717) is 58.1 Å². The molecule has 5 fully saturated rings. The zero-order valence-corrected chi connectivity index (χ0v) is 29.1. The number of nitrogens with zero attached hydrogens (tertiary/aromatic N) is 4. The van der Waals surface area contributed by atoms with E-state index in [2.05, 4.69) is 22.0 Å². The molecule has 7 nitrogen and oxygen atoms in total. The first-order valence-electron chi connectivity index (χ1n) is 17.6. The monoisotopic (exact) mass is 707 g/mol. The number of aromatic nitrogens is 2. The van der Waals surface area contributed by atoms with Gasteiger partial charge in [0.1, 0.15) is 17.4 Å². The van der Waals surface area contributed by atoms with Crippen molar-refractivity contribution in [3.63, 3.8) is 0 Å². The van der Waals surface area contributed by atoms with Crippen LogP contribution in [0.4, 0.5) is 4.39 Å². The van der Waals surface area contributed by atoms with Crippen molar-refractivity contribution in [1.82, 2.24) is 19.8 Å². The van der Waals surface area contributed by atoms with Crippen LogP contribution in [0.15, 0.2) is 60.7 Å². The van der Waals surface area contributed by atoms with Gasteiger partial charge < -0.3 is 19.5 Å². The first-order valence-corrected chi connectivity index (χ1v) is 18.3. The Labute approximate surface area is 299 Å². The van der Waals surface area contributed by atoms with Crippen molar-refractivity contribution >= 4 is 50.9 Å². The summed E-state index contributed by atoms with van der Waals surface area (Å²) in [4.78, 5) is 20.9. The second kappa shape index (κ2) is 12.3. The minimum absolute atomic E-state index is 0.0603. The van der Waals surface area contributed by atoms with E-state index in [1.165, 1.54) is 0 Å². The number of para-hydroxylation sites is 1. The van der Waals surface area contributed by atoms with Crippen LogP contribution in [0.3, 0.4) is 0 Å². The number of amides is 1. The van der Waals surface area contributed by atoms with Crippen LogP contribution in [0, 0.1) is 35.9 Å². The van der Waals surface area contributed by atoms with Crippen LogP contribution in [-0.4, -0.2) is 45.6 Å². The number of hydrogen-bond acceptors (Lipinski definition) is 5. The fourth-order valence-electron chi connectivity index (χ4n) is 8.76. The molecule has 10 heteroatoms. The van der Waals surface area contributed by atoms with Crippen molar-refractivity contribution in [2.75, 3.05) is 13.1 Å². The summed E-state index contributed by atoms with van der Waals surface area (Å²) in [5, 5.41) is 15.5. The summed E-state index contributed by atoms with van der Waals surface area (Å²) >= 11 is 13.1. The average Bonchev–Trinajstić information content (AvgIpc) is 3.40. The molecule has 2 aliphatic carbocycles. The Hall–Kier alpha value is -4.16. The highest BCUT2D eigenvalue weighted by Gasteiger charge is 2.51. The summed E-state index contributed by atoms with van der Waals surface area (Å²) < 4.78 is 26.1. The predicted octanol–water partition coefficient (Wildman–Crippen LogP) is 8.73. The lowest BCUT2D eigenvalue weighted by Gasteiger charge is -2.39. The first kappa shape index (κ1) is 31.8. The zero-order chi connectivity index (χ0) is 34.3. The molecule has 2 bridgehead atoms. The Kier molecular flexibility index (Phi) is 7.80. The molecule has 3 saturated heterocycles. The lowest BCUT2D eigenvalue weighted by atomic mass is 9.79. The molecule has 2 saturated carbocycles. The highest BCUT2D eigenvalue weighted by Crippen LogP contribution is 2.51. The Bertz CT molecular complexity index is 2210. The summed E-state index contributed by atoms with van der Waals surface area (Å²) in [7, 11) is 0. The number of pyridine rings is 1. The molecule has 5 atom stereocenters. The molecule has 3 aliphatic heterocycles. The van der Waals surface area contributed by atoms with Crippen LogP contribution in [0.25, 0.3) is 32.9 Å². The Morgan fingerprint density at radius 1 is 1.10 bits per heavy atom. The lowest BCUT2D eigenvalue weighted by molar-refractivity contribution is -0.133. The van der Waals surface area contributed by atoms with E-state index in [-0.39, 0.29) is 53.0 Å². The zero-order valence-electron chi connectivity index (χ0n) is 27.6. The van der Waals surface area contributed by atoms with E-state index in [9.17, 15) is 10.1 Å². The van der Waals surface area contributed by atoms with Crippen LogP contribution in [-0.2, 0) is 11.2 Å². The van der Waals surface area contributed by atoms with Gasteiger partial charge in [-0.3, -0.25) is 4.79 Å². The molecule has 50 heavy (non-hydrogen) atoms. The summed E-state index contributed by atoms with van der Waals surface area (Å²) in [6.45, 7) is 3.37. The molecule has 3 aromatic carbocycles. The van der Waals surface area contributed by atoms with E-state index in [1.807, 2.05) is 48.2 Å². The van der Waals surface area contributed by atoms with Crippen molar-refractivity contribution in [1.29, 1.82) is 5.26 Å². The standard InChI is InChI=1S/C40H36Cl2FN5O2/c1-21-28-18-33(32-17-26(50-25-8-3-2-4-9-25)20-47(32)40(49)22-12-13-22)48(38-24-16-31(38)45-19-24)39(28)29-15-23(7-6-14-44)34(36(43)37(29)46-21)27-10-5-11-30(41)35(27)42/h2-5,8-11,15,18,22,24,26,31-32,38,45H,6-7,12-13,16-17,19-20H2,1H3. The normalized spacial score (nSPS) is 24.1. The van der Waals surface area contributed by atoms with Crippen molar-refractivity contribution in [3.05, 3.63) is 93.5 Å². The maximum absolute atomic E-state index is 17.1. The fourth-order valence-corrected chi connectivity index (χ4v) is 9.16. The number of rotatable bonds is 8. The topological polar surface area (TPSA) is 83.2 Å². The average molecular weight is 709 g/mol. The molecule has 10 rings (SSSR count). The molecule has 5 unspecified atom stereocenters. The largest absolute Gasteiger partial charge is 0.488 e. The number of aryl methyl sites for hydroxylation is 2. The van der Waals surface area contributed by atoms with E-state index in [1.54, 1.807) is 18.2 Å². The maximum Gasteiger partial charge on any atom is 0.226 e. The van der Waals surface area contributed by atoms with E-state index in [0.717, 1.165) is 48.2 Å². The van der Waals surface area contributed by atoms with Gasteiger partial charge >= 0.3 is 0 Å². The number of likely N-dealkylation sites (tertiary alicyclic amines) is 1. The number of fused-ring (bicyclic) bond motifs is 4. The van der Waals surface area contributed by atoms with Gasteiger partial charge in [-0.1, -0.05) is 53.5 Å². The Morgan fingerprint density at radius 2 is 1.92 bits per heavy atom. The Balaban J connectivity index is 1.27. The number of benzene rings is 3. The van der Waals surface area contributed by atoms with Gasteiger partial charge in [-0.25, -0.2) is 9.37 Å². The molecule has 1 N–H and O–H groups in total. The van der Waals surface area contributed by atoms with Crippen LogP contribution in [0.1, 0.15) is 61.1 Å². The number of hydrogen-bond donors (Lipinski definition) is 1. The summed E-state index contributed by atoms with van der Waals surface area (Å²) in [6.07, 6.45) is 3.97. The molecule has 254 valence electrons. The fraction of sp³-hybridized carbons (Fsp3) is 0.375. The van der Waals surface area contributed by atoms with Crippen LogP contribution in [0.2, 0.25) is 10.0 Å². The summed E-state index contributed by atoms with van der Waals surface area (Å²) in [6, 6.07) is 21.7. The molecule has 1 amide bonds. The van der Waals surface area contributed by atoms with Crippen LogP contribution in [0.5, 0.6) is 5.75 Å². The molecule has 2 aromatic heterocycles. The summed E-state index contributed by atoms with van der Waals surface area (Å²) in [5.41, 5.74) is 4.44. The SMILES string of the molecule is Cc1nc2c(F)c(-c3cccc(Cl)c3Cl)c(CCC#N)cc2c2c1cc(C1CC(Oc3ccccc3)CN1C(=O)C1CC1)n2C1C2CNC1C2. The maximum atomic E-state index is 17.1. The van der Waals surface area contributed by atoms with Gasteiger partial charge in [-0.05, 0) is 74.4 Å². The highest BCUT2D eigenvalue weighted by molar-refractivity contribution is 6.43. The second-order valence-corrected chi connectivity index (χ2v) is 15.1. The molecule has 5 heterocycles. The van der Waals surface area contributed by atoms with Crippen molar-refractivity contribution in [3.8, 4) is 22.9 Å². The van der Waals surface area contributed by atoms with Gasteiger partial charge in [-0.15, -0.1) is 0 Å². The van der Waals surface area contributed by atoms with Crippen molar-refractivity contribution < 1.29 is 13.9 Å². The third-order valence-electron chi connectivity index (χ3n) is 11.3. The van der Waals surface area contributed by atoms with Gasteiger partial charge in [0.05, 0.1) is 40.3 Å². The lowest BCUT2D eigenvalue weighted by Crippen LogP contribution is -2.41. The molecule has 5 aliphatic rings. The van der Waals surface area contributed by atoms with E-state index < -0.39 is 5.82 Å². The van der Waals surface area contributed by atoms with Gasteiger partial charge in [0.2, 0.25) is 5.91 Å². The third kappa shape index (κ3) is 5.08. The number of halogens is 3. The number of ether oxygens (including phenoxy) is 1. The quantitative estimate of drug-likeness (QED) is 0.174. The van der Waals surface area contributed by atoms with Gasteiger partial charge in [0.25, 0.3) is 0 Å². The minimum Gasteiger partial charge on any atom is -0.488 e. The smallest absolute Gasteiger partial charge is 0.226 e. The van der Waals surface area contributed by atoms with Crippen molar-refractivity contribution in [2.24, 2.45) is 11.8 Å². The molecule has 5 aromatic rings. The number of carbonyl (C=O) groups is 1. The highest BCUT2D eigenvalue weighted by atomic mass is 35.5. The second-order valence-electron chi connectivity index (χ2n) is 14.3. The van der Waals surface area contributed by atoms with Crippen LogP contribution >= 0.6 is 23.2 Å². The minimum atomic E-state index is -0.476. The molecule has 0 radical (unpaired) electrons. The molecule has 0 spiro atoms. The number of carbonyl (C=O) groups excluding carboxylic acids is 1. The molecular formula is C40H36Cl2FN5O2. The first-order chi connectivity index (χ1) is 24.3. The third-order valence-corrected chi connectivity index (χ3v) is 12.1. The number of nitriles is 1. The van der Waals surface area contributed by atoms with E-state index in [4.69, 9.17) is 32.9 Å². The molecular weight excluding hydrogens is 672 g/mol. The van der Waals surface area contributed by atoms with E-state index >= 15 is 4.39 Å². The summed E-state index contributed by atoms with van der Waals surface area (Å²) in [5.74, 6) is 0.992. The van der Waals surface area contributed by atoms with Gasteiger partial charge in [0.15, 0.2) is 5.82 Å². The number of nitrogens with one attached hydrogen (secondary N) is 1. The van der Waals surface area contributed by atoms with Crippen molar-refractivity contribution in [2.45, 2.75) is 69.7 Å².